The van der Waals surface area contributed by atoms with E-state index >= 15 is 4.39 Å². The topological polar surface area (TPSA) is 106 Å². The zero-order chi connectivity index (χ0) is 28.0. The molecule has 5 aromatic rings. The maximum Gasteiger partial charge on any atom is 0.322 e. The number of aliphatic hydroxyl groups excluding tert-OH is 1. The molecule has 1 amide bonds. The second kappa shape index (κ2) is 10.4. The molecule has 0 saturated carbocycles. The summed E-state index contributed by atoms with van der Waals surface area (Å²) in [6.07, 6.45) is 4.70. The molecule has 1 N–H and O–H groups in total. The standard InChI is InChI=1S/C29H26ClFN6O3/c1-16-5-8-32-29(34-16)40-19-3-4-20(23(30)11-19)21-12-22-25(13-24(21)31)33-14-26-28(22)37(17(2)35-26)18-6-9-36(10-7-18)27(39)15-38/h3-5,8,11-14,18,38H,6-7,9-10,15H2,1-2H3. The SMILES string of the molecule is Cc1ccnc(Oc2ccc(-c3cc4c(cc3F)ncc3nc(C)n(C5CCN(C(=O)CO)CC5)c34)c(Cl)c2)n1. The fourth-order valence-corrected chi connectivity index (χ4v) is 5.67. The van der Waals surface area contributed by atoms with Crippen LogP contribution in [0.25, 0.3) is 33.1 Å². The summed E-state index contributed by atoms with van der Waals surface area (Å²) in [4.78, 5) is 31.2. The number of pyridine rings is 1. The van der Waals surface area contributed by atoms with Gasteiger partial charge in [0.25, 0.3) is 0 Å². The predicted octanol–water partition coefficient (Wildman–Crippen LogP) is 5.40. The molecule has 1 saturated heterocycles. The lowest BCUT2D eigenvalue weighted by Crippen LogP contribution is -2.40. The van der Waals surface area contributed by atoms with Gasteiger partial charge in [0, 0.05) is 59.7 Å². The van der Waals surface area contributed by atoms with Crippen LogP contribution in [-0.4, -0.2) is 60.1 Å². The maximum absolute atomic E-state index is 15.5. The summed E-state index contributed by atoms with van der Waals surface area (Å²) in [7, 11) is 0. The van der Waals surface area contributed by atoms with E-state index in [9.17, 15) is 9.90 Å². The Labute approximate surface area is 234 Å². The Morgan fingerprint density at radius 3 is 2.60 bits per heavy atom. The van der Waals surface area contributed by atoms with Gasteiger partial charge in [0.2, 0.25) is 5.91 Å². The van der Waals surface area contributed by atoms with Gasteiger partial charge >= 0.3 is 6.01 Å². The summed E-state index contributed by atoms with van der Waals surface area (Å²) >= 11 is 6.64. The number of nitrogens with zero attached hydrogens (tertiary/aromatic N) is 6. The normalized spacial score (nSPS) is 14.3. The number of rotatable bonds is 5. The molecule has 0 radical (unpaired) electrons. The van der Waals surface area contributed by atoms with Gasteiger partial charge in [0.05, 0.1) is 22.3 Å². The molecular weight excluding hydrogens is 535 g/mol. The fraction of sp³-hybridized carbons (Fsp3) is 0.276. The van der Waals surface area contributed by atoms with Crippen molar-refractivity contribution in [2.24, 2.45) is 0 Å². The molecule has 204 valence electrons. The Morgan fingerprint density at radius 2 is 1.88 bits per heavy atom. The van der Waals surface area contributed by atoms with Crippen molar-refractivity contribution >= 4 is 39.4 Å². The van der Waals surface area contributed by atoms with Crippen molar-refractivity contribution in [3.05, 3.63) is 71.2 Å². The molecule has 0 bridgehead atoms. The first-order valence-electron chi connectivity index (χ1n) is 12.9. The Bertz CT molecular complexity index is 1770. The van der Waals surface area contributed by atoms with Crippen LogP contribution in [0.1, 0.15) is 30.4 Å². The van der Waals surface area contributed by atoms with Crippen LogP contribution in [-0.2, 0) is 4.79 Å². The molecule has 2 aromatic carbocycles. The molecule has 11 heteroatoms. The van der Waals surface area contributed by atoms with Crippen LogP contribution in [0, 0.1) is 19.7 Å². The third kappa shape index (κ3) is 4.73. The molecule has 3 aromatic heterocycles. The number of halogens is 2. The molecule has 40 heavy (non-hydrogen) atoms. The van der Waals surface area contributed by atoms with Crippen LogP contribution in [0.2, 0.25) is 5.02 Å². The van der Waals surface area contributed by atoms with Gasteiger partial charge in [-0.25, -0.2) is 19.3 Å². The van der Waals surface area contributed by atoms with E-state index in [1.807, 2.05) is 13.8 Å². The zero-order valence-corrected chi connectivity index (χ0v) is 22.7. The highest BCUT2D eigenvalue weighted by Crippen LogP contribution is 2.38. The largest absolute Gasteiger partial charge is 0.424 e. The Kier molecular flexibility index (Phi) is 6.81. The number of piperidine rings is 1. The monoisotopic (exact) mass is 560 g/mol. The lowest BCUT2D eigenvalue weighted by atomic mass is 10.0. The highest BCUT2D eigenvalue weighted by Gasteiger charge is 2.27. The van der Waals surface area contributed by atoms with Crippen LogP contribution in [0.3, 0.4) is 0 Å². The average molecular weight is 561 g/mol. The molecular formula is C29H26ClFN6O3. The third-order valence-electron chi connectivity index (χ3n) is 7.31. The molecule has 1 aliphatic rings. The van der Waals surface area contributed by atoms with Gasteiger partial charge in [-0.2, -0.15) is 0 Å². The smallest absolute Gasteiger partial charge is 0.322 e. The zero-order valence-electron chi connectivity index (χ0n) is 21.9. The van der Waals surface area contributed by atoms with Gasteiger partial charge in [-0.1, -0.05) is 11.6 Å². The summed E-state index contributed by atoms with van der Waals surface area (Å²) in [6, 6.07) is 10.3. The number of imidazole rings is 1. The molecule has 1 fully saturated rings. The van der Waals surface area contributed by atoms with Gasteiger partial charge < -0.3 is 19.3 Å². The van der Waals surface area contributed by atoms with E-state index in [-0.39, 0.29) is 18.0 Å². The molecule has 9 nitrogen and oxygen atoms in total. The van der Waals surface area contributed by atoms with E-state index in [2.05, 4.69) is 19.5 Å². The first-order chi connectivity index (χ1) is 19.3. The number of aromatic nitrogens is 5. The highest BCUT2D eigenvalue weighted by molar-refractivity contribution is 6.33. The molecule has 6 rings (SSSR count). The van der Waals surface area contributed by atoms with Gasteiger partial charge in [-0.05, 0) is 51.0 Å². The van der Waals surface area contributed by atoms with E-state index in [0.29, 0.717) is 58.9 Å². The number of carbonyl (C=O) groups excluding carboxylic acids is 1. The van der Waals surface area contributed by atoms with Gasteiger partial charge in [-0.3, -0.25) is 9.78 Å². The first-order valence-corrected chi connectivity index (χ1v) is 13.3. The predicted molar refractivity (Wildman–Crippen MR) is 149 cm³/mol. The van der Waals surface area contributed by atoms with Crippen LogP contribution < -0.4 is 4.74 Å². The van der Waals surface area contributed by atoms with Crippen LogP contribution in [0.5, 0.6) is 11.8 Å². The summed E-state index contributed by atoms with van der Waals surface area (Å²) in [5, 5.41) is 10.3. The Morgan fingerprint density at radius 1 is 1.07 bits per heavy atom. The number of likely N-dealkylation sites (tertiary alicyclic amines) is 1. The second-order valence-corrected chi connectivity index (χ2v) is 10.3. The number of hydrogen-bond acceptors (Lipinski definition) is 7. The fourth-order valence-electron chi connectivity index (χ4n) is 5.40. The van der Waals surface area contributed by atoms with E-state index in [1.54, 1.807) is 47.6 Å². The summed E-state index contributed by atoms with van der Waals surface area (Å²) in [5.74, 6) is 0.542. The lowest BCUT2D eigenvalue weighted by Gasteiger charge is -2.33. The van der Waals surface area contributed by atoms with Crippen molar-refractivity contribution in [1.29, 1.82) is 0 Å². The summed E-state index contributed by atoms with van der Waals surface area (Å²) in [5.41, 5.74) is 3.70. The average Bonchev–Trinajstić information content (AvgIpc) is 3.29. The van der Waals surface area contributed by atoms with Crippen molar-refractivity contribution in [3.63, 3.8) is 0 Å². The Hall–Kier alpha value is -4.15. The number of aliphatic hydroxyl groups is 1. The van der Waals surface area contributed by atoms with E-state index in [4.69, 9.17) is 21.3 Å². The molecule has 1 aliphatic heterocycles. The number of aryl methyl sites for hydroxylation is 2. The van der Waals surface area contributed by atoms with Crippen molar-refractivity contribution in [3.8, 4) is 22.9 Å². The molecule has 0 unspecified atom stereocenters. The number of hydrogen-bond donors (Lipinski definition) is 1. The van der Waals surface area contributed by atoms with Crippen LogP contribution >= 0.6 is 11.6 Å². The number of fused-ring (bicyclic) bond motifs is 3. The minimum absolute atomic E-state index is 0.0932. The van der Waals surface area contributed by atoms with Gasteiger partial charge in [0.1, 0.15) is 29.5 Å². The number of carbonyl (C=O) groups is 1. The lowest BCUT2D eigenvalue weighted by molar-refractivity contribution is -0.135. The van der Waals surface area contributed by atoms with E-state index < -0.39 is 12.4 Å². The Balaban J connectivity index is 1.40. The quantitative estimate of drug-likeness (QED) is 0.307. The molecule has 4 heterocycles. The third-order valence-corrected chi connectivity index (χ3v) is 7.62. The number of amides is 1. The maximum atomic E-state index is 15.5. The minimum atomic E-state index is -0.488. The van der Waals surface area contributed by atoms with Crippen molar-refractivity contribution in [2.45, 2.75) is 32.7 Å². The van der Waals surface area contributed by atoms with E-state index in [1.165, 1.54) is 6.07 Å². The second-order valence-electron chi connectivity index (χ2n) is 9.86. The summed E-state index contributed by atoms with van der Waals surface area (Å²) < 4.78 is 23.4. The van der Waals surface area contributed by atoms with Crippen molar-refractivity contribution in [2.75, 3.05) is 19.7 Å². The van der Waals surface area contributed by atoms with Crippen LogP contribution in [0.4, 0.5) is 4.39 Å². The number of ether oxygens (including phenoxy) is 1. The summed E-state index contributed by atoms with van der Waals surface area (Å²) in [6.45, 7) is 4.38. The molecule has 0 atom stereocenters. The van der Waals surface area contributed by atoms with E-state index in [0.717, 1.165) is 22.4 Å². The molecule has 0 aliphatic carbocycles. The minimum Gasteiger partial charge on any atom is -0.424 e. The highest BCUT2D eigenvalue weighted by atomic mass is 35.5. The first kappa shape index (κ1) is 26.1. The van der Waals surface area contributed by atoms with Gasteiger partial charge in [-0.15, -0.1) is 0 Å². The van der Waals surface area contributed by atoms with Crippen molar-refractivity contribution < 1.29 is 19.0 Å². The van der Waals surface area contributed by atoms with Crippen LogP contribution in [0.15, 0.2) is 48.8 Å². The van der Waals surface area contributed by atoms with Gasteiger partial charge in [0.15, 0.2) is 0 Å². The van der Waals surface area contributed by atoms with Crippen molar-refractivity contribution in [1.82, 2.24) is 29.4 Å². The number of benzene rings is 2. The molecule has 0 spiro atoms.